The van der Waals surface area contributed by atoms with Crippen molar-refractivity contribution in [3.05, 3.63) is 78.0 Å². The standard InChI is InChI=1S/C23H22N2O4/c1-15(16-7-5-4-6-8-16)27-21-12-9-17(14-24-21)22(26)25-18-10-11-19-20(13-18)29-23(2,3)28-19/h4-15H,1-3H3,(H,25,26)/t15-/m0/s1. The second-order valence-corrected chi connectivity index (χ2v) is 7.28. The second-order valence-electron chi connectivity index (χ2n) is 7.28. The van der Waals surface area contributed by atoms with Crippen LogP contribution in [0, 0.1) is 0 Å². The molecule has 0 unspecified atom stereocenters. The van der Waals surface area contributed by atoms with Gasteiger partial charge in [-0.1, -0.05) is 30.3 Å². The van der Waals surface area contributed by atoms with Crippen LogP contribution in [0.15, 0.2) is 66.9 Å². The summed E-state index contributed by atoms with van der Waals surface area (Å²) in [5, 5.41) is 2.85. The van der Waals surface area contributed by atoms with Crippen molar-refractivity contribution in [2.45, 2.75) is 32.7 Å². The van der Waals surface area contributed by atoms with Crippen molar-refractivity contribution >= 4 is 11.6 Å². The highest BCUT2D eigenvalue weighted by molar-refractivity contribution is 6.04. The first kappa shape index (κ1) is 18.8. The number of nitrogens with one attached hydrogen (secondary N) is 1. The summed E-state index contributed by atoms with van der Waals surface area (Å²) in [5.74, 6) is 0.747. The van der Waals surface area contributed by atoms with Crippen LogP contribution in [-0.2, 0) is 0 Å². The minimum atomic E-state index is -0.707. The molecule has 0 aliphatic carbocycles. The molecule has 0 bridgehead atoms. The maximum atomic E-state index is 12.5. The number of carbonyl (C=O) groups excluding carboxylic acids is 1. The predicted molar refractivity (Wildman–Crippen MR) is 109 cm³/mol. The number of anilines is 1. The summed E-state index contributed by atoms with van der Waals surface area (Å²) < 4.78 is 17.2. The molecular formula is C23H22N2O4. The molecule has 1 N–H and O–H groups in total. The molecule has 2 heterocycles. The number of carbonyl (C=O) groups is 1. The summed E-state index contributed by atoms with van der Waals surface area (Å²) >= 11 is 0. The summed E-state index contributed by atoms with van der Waals surface area (Å²) in [4.78, 5) is 16.8. The summed E-state index contributed by atoms with van der Waals surface area (Å²) in [6, 6.07) is 18.6. The highest BCUT2D eigenvalue weighted by atomic mass is 16.7. The number of hydrogen-bond donors (Lipinski definition) is 1. The Balaban J connectivity index is 1.40. The van der Waals surface area contributed by atoms with Crippen molar-refractivity contribution in [1.82, 2.24) is 4.98 Å². The van der Waals surface area contributed by atoms with E-state index in [1.165, 1.54) is 6.20 Å². The van der Waals surface area contributed by atoms with Crippen molar-refractivity contribution in [1.29, 1.82) is 0 Å². The number of fused-ring (bicyclic) bond motifs is 1. The van der Waals surface area contributed by atoms with E-state index in [1.54, 1.807) is 30.3 Å². The Morgan fingerprint density at radius 3 is 2.52 bits per heavy atom. The summed E-state index contributed by atoms with van der Waals surface area (Å²) in [5.41, 5.74) is 2.11. The number of nitrogens with zero attached hydrogens (tertiary/aromatic N) is 1. The fraction of sp³-hybridized carbons (Fsp3) is 0.217. The van der Waals surface area contributed by atoms with E-state index in [4.69, 9.17) is 14.2 Å². The number of hydrogen-bond acceptors (Lipinski definition) is 5. The van der Waals surface area contributed by atoms with Gasteiger partial charge in [0.05, 0.1) is 5.56 Å². The molecule has 6 nitrogen and oxygen atoms in total. The quantitative estimate of drug-likeness (QED) is 0.665. The second kappa shape index (κ2) is 7.47. The van der Waals surface area contributed by atoms with Crippen LogP contribution in [-0.4, -0.2) is 16.7 Å². The molecule has 29 heavy (non-hydrogen) atoms. The van der Waals surface area contributed by atoms with E-state index >= 15 is 0 Å². The fourth-order valence-corrected chi connectivity index (χ4v) is 3.06. The van der Waals surface area contributed by atoms with E-state index in [-0.39, 0.29) is 12.0 Å². The lowest BCUT2D eigenvalue weighted by Crippen LogP contribution is -2.29. The van der Waals surface area contributed by atoms with Gasteiger partial charge in [-0.2, -0.15) is 0 Å². The van der Waals surface area contributed by atoms with Gasteiger partial charge in [0, 0.05) is 37.9 Å². The third-order valence-corrected chi connectivity index (χ3v) is 4.48. The van der Waals surface area contributed by atoms with Crippen molar-refractivity contribution in [3.8, 4) is 17.4 Å². The first-order chi connectivity index (χ1) is 13.9. The molecule has 0 saturated heterocycles. The van der Waals surface area contributed by atoms with Gasteiger partial charge in [-0.05, 0) is 30.7 Å². The van der Waals surface area contributed by atoms with Crippen LogP contribution in [0.5, 0.6) is 17.4 Å². The Labute approximate surface area is 169 Å². The van der Waals surface area contributed by atoms with Gasteiger partial charge in [-0.15, -0.1) is 0 Å². The Hall–Kier alpha value is -3.54. The average Bonchev–Trinajstić information content (AvgIpc) is 3.02. The summed E-state index contributed by atoms with van der Waals surface area (Å²) in [7, 11) is 0. The summed E-state index contributed by atoms with van der Waals surface area (Å²) in [6.45, 7) is 5.62. The number of benzene rings is 2. The molecule has 4 rings (SSSR count). The third kappa shape index (κ3) is 4.32. The molecule has 0 spiro atoms. The maximum absolute atomic E-state index is 12.5. The highest BCUT2D eigenvalue weighted by Crippen LogP contribution is 2.40. The number of rotatable bonds is 5. The molecule has 0 saturated carbocycles. The van der Waals surface area contributed by atoms with Gasteiger partial charge in [-0.3, -0.25) is 4.79 Å². The molecule has 2 aromatic carbocycles. The molecule has 1 atom stereocenters. The third-order valence-electron chi connectivity index (χ3n) is 4.48. The van der Waals surface area contributed by atoms with Crippen molar-refractivity contribution in [3.63, 3.8) is 0 Å². The SMILES string of the molecule is C[C@H](Oc1ccc(C(=O)Nc2ccc3c(c2)OC(C)(C)O3)cn1)c1ccccc1. The molecule has 1 aromatic heterocycles. The van der Waals surface area contributed by atoms with Crippen LogP contribution in [0.3, 0.4) is 0 Å². The van der Waals surface area contributed by atoms with Crippen LogP contribution in [0.4, 0.5) is 5.69 Å². The molecular weight excluding hydrogens is 368 g/mol. The van der Waals surface area contributed by atoms with Crippen molar-refractivity contribution in [2.24, 2.45) is 0 Å². The van der Waals surface area contributed by atoms with Gasteiger partial charge >= 0.3 is 0 Å². The van der Waals surface area contributed by atoms with Crippen LogP contribution in [0.1, 0.15) is 42.8 Å². The zero-order valence-corrected chi connectivity index (χ0v) is 16.5. The van der Waals surface area contributed by atoms with E-state index in [0.717, 1.165) is 5.56 Å². The Morgan fingerprint density at radius 1 is 1.03 bits per heavy atom. The molecule has 6 heteroatoms. The minimum absolute atomic E-state index is 0.138. The van der Waals surface area contributed by atoms with Crippen LogP contribution >= 0.6 is 0 Å². The maximum Gasteiger partial charge on any atom is 0.257 e. The van der Waals surface area contributed by atoms with Crippen molar-refractivity contribution in [2.75, 3.05) is 5.32 Å². The Kier molecular flexibility index (Phi) is 4.84. The van der Waals surface area contributed by atoms with Crippen LogP contribution < -0.4 is 19.5 Å². The van der Waals surface area contributed by atoms with Crippen molar-refractivity contribution < 1.29 is 19.0 Å². The molecule has 3 aromatic rings. The molecule has 1 aliphatic rings. The number of pyridine rings is 1. The first-order valence-corrected chi connectivity index (χ1v) is 9.41. The van der Waals surface area contributed by atoms with Crippen LogP contribution in [0.2, 0.25) is 0 Å². The topological polar surface area (TPSA) is 69.7 Å². The monoisotopic (exact) mass is 390 g/mol. The Bertz CT molecular complexity index is 1020. The smallest absolute Gasteiger partial charge is 0.257 e. The van der Waals surface area contributed by atoms with E-state index in [9.17, 15) is 4.79 Å². The number of amides is 1. The molecule has 0 fully saturated rings. The van der Waals surface area contributed by atoms with Gasteiger partial charge in [0.25, 0.3) is 5.91 Å². The summed E-state index contributed by atoms with van der Waals surface area (Å²) in [6.07, 6.45) is 1.36. The largest absolute Gasteiger partial charge is 0.470 e. The van der Waals surface area contributed by atoms with E-state index in [2.05, 4.69) is 10.3 Å². The van der Waals surface area contributed by atoms with Gasteiger partial charge in [0.15, 0.2) is 11.5 Å². The predicted octanol–water partition coefficient (Wildman–Crippen LogP) is 4.98. The average molecular weight is 390 g/mol. The Morgan fingerprint density at radius 2 is 1.79 bits per heavy atom. The zero-order valence-electron chi connectivity index (χ0n) is 16.5. The number of ether oxygens (including phenoxy) is 3. The van der Waals surface area contributed by atoms with E-state index < -0.39 is 5.79 Å². The van der Waals surface area contributed by atoms with E-state index in [1.807, 2.05) is 51.1 Å². The molecule has 1 aliphatic heterocycles. The van der Waals surface area contributed by atoms with Gasteiger partial charge in [0.1, 0.15) is 6.10 Å². The minimum Gasteiger partial charge on any atom is -0.470 e. The van der Waals surface area contributed by atoms with E-state index in [0.29, 0.717) is 28.6 Å². The highest BCUT2D eigenvalue weighted by Gasteiger charge is 2.31. The first-order valence-electron chi connectivity index (χ1n) is 9.41. The van der Waals surface area contributed by atoms with Gasteiger partial charge in [0.2, 0.25) is 11.7 Å². The lowest BCUT2D eigenvalue weighted by Gasteiger charge is -2.16. The normalized spacial score (nSPS) is 14.9. The molecule has 0 radical (unpaired) electrons. The van der Waals surface area contributed by atoms with Gasteiger partial charge < -0.3 is 19.5 Å². The lowest BCUT2D eigenvalue weighted by atomic mass is 10.1. The number of aromatic nitrogens is 1. The molecule has 1 amide bonds. The van der Waals surface area contributed by atoms with Gasteiger partial charge in [-0.25, -0.2) is 4.98 Å². The fourth-order valence-electron chi connectivity index (χ4n) is 3.06. The molecule has 148 valence electrons. The van der Waals surface area contributed by atoms with Crippen LogP contribution in [0.25, 0.3) is 0 Å². The zero-order chi connectivity index (χ0) is 20.4. The lowest BCUT2D eigenvalue weighted by molar-refractivity contribution is -0.0431.